The van der Waals surface area contributed by atoms with Crippen LogP contribution in [0, 0.1) is 6.92 Å². The van der Waals surface area contributed by atoms with Gasteiger partial charge in [0.15, 0.2) is 0 Å². The summed E-state index contributed by atoms with van der Waals surface area (Å²) in [6, 6.07) is 10.7. The molecule has 17 heavy (non-hydrogen) atoms. The number of unbranched alkanes of at least 4 members (excludes halogenated alkanes) is 7. The van der Waals surface area contributed by atoms with Gasteiger partial charge in [0.1, 0.15) is 0 Å². The first kappa shape index (κ1) is 14.6. The first-order valence-electron chi connectivity index (χ1n) is 6.90. The van der Waals surface area contributed by atoms with Crippen molar-refractivity contribution in [2.75, 3.05) is 5.75 Å². The van der Waals surface area contributed by atoms with E-state index in [1.54, 1.807) is 0 Å². The molecule has 95 valence electrons. The van der Waals surface area contributed by atoms with Gasteiger partial charge in [-0.1, -0.05) is 70.1 Å². The highest BCUT2D eigenvalue weighted by molar-refractivity contribution is 7.99. The second kappa shape index (κ2) is 10.7. The third kappa shape index (κ3) is 8.31. The van der Waals surface area contributed by atoms with E-state index in [1.807, 2.05) is 11.8 Å². The van der Waals surface area contributed by atoms with Crippen LogP contribution in [-0.2, 0) is 0 Å². The summed E-state index contributed by atoms with van der Waals surface area (Å²) in [4.78, 5) is 1.41. The lowest BCUT2D eigenvalue weighted by atomic mass is 10.1. The molecule has 0 bridgehead atoms. The Labute approximate surface area is 111 Å². The standard InChI is InChI=1S/C16H25S/c1-2-3-4-5-6-7-8-12-15-17-16-13-10-9-11-14-16/h9-11,13-14H,1-8,12,15H2. The van der Waals surface area contributed by atoms with E-state index in [-0.39, 0.29) is 0 Å². The average molecular weight is 249 g/mol. The van der Waals surface area contributed by atoms with Crippen LogP contribution in [0.2, 0.25) is 0 Å². The SMILES string of the molecule is [CH2]CCCCCCCCCSc1ccccc1. The molecule has 0 saturated heterocycles. The van der Waals surface area contributed by atoms with Gasteiger partial charge in [-0.3, -0.25) is 0 Å². The molecule has 1 aromatic carbocycles. The number of thioether (sulfide) groups is 1. The van der Waals surface area contributed by atoms with Crippen molar-refractivity contribution < 1.29 is 0 Å². The Kier molecular flexibility index (Phi) is 9.21. The minimum absolute atomic E-state index is 1.10. The van der Waals surface area contributed by atoms with Crippen molar-refractivity contribution in [3.8, 4) is 0 Å². The number of hydrogen-bond donors (Lipinski definition) is 0. The molecule has 0 saturated carbocycles. The Morgan fingerprint density at radius 3 is 2.00 bits per heavy atom. The van der Waals surface area contributed by atoms with Crippen LogP contribution in [0.5, 0.6) is 0 Å². The molecule has 1 rings (SSSR count). The lowest BCUT2D eigenvalue weighted by Crippen LogP contribution is -1.83. The lowest BCUT2D eigenvalue weighted by Gasteiger charge is -2.02. The molecule has 0 amide bonds. The van der Waals surface area contributed by atoms with Gasteiger partial charge in [0.2, 0.25) is 0 Å². The van der Waals surface area contributed by atoms with Gasteiger partial charge in [-0.2, -0.15) is 0 Å². The molecule has 0 heterocycles. The Bertz CT molecular complexity index is 255. The van der Waals surface area contributed by atoms with Crippen LogP contribution in [0.3, 0.4) is 0 Å². The van der Waals surface area contributed by atoms with Crippen molar-refractivity contribution >= 4 is 11.8 Å². The third-order valence-electron chi connectivity index (χ3n) is 2.91. The maximum Gasteiger partial charge on any atom is 0.00719 e. The van der Waals surface area contributed by atoms with Crippen LogP contribution < -0.4 is 0 Å². The van der Waals surface area contributed by atoms with E-state index in [9.17, 15) is 0 Å². The summed E-state index contributed by atoms with van der Waals surface area (Å²) in [7, 11) is 0. The molecule has 0 aliphatic heterocycles. The van der Waals surface area contributed by atoms with E-state index < -0.39 is 0 Å². The van der Waals surface area contributed by atoms with Gasteiger partial charge in [0.25, 0.3) is 0 Å². The van der Waals surface area contributed by atoms with E-state index in [1.165, 1.54) is 55.6 Å². The highest BCUT2D eigenvalue weighted by Gasteiger charge is 1.94. The predicted octanol–water partition coefficient (Wildman–Crippen LogP) is 5.73. The van der Waals surface area contributed by atoms with E-state index in [4.69, 9.17) is 0 Å². The fourth-order valence-electron chi connectivity index (χ4n) is 1.87. The summed E-state index contributed by atoms with van der Waals surface area (Å²) < 4.78 is 0. The summed E-state index contributed by atoms with van der Waals surface area (Å²) in [6.45, 7) is 3.87. The van der Waals surface area contributed by atoms with Crippen molar-refractivity contribution in [2.24, 2.45) is 0 Å². The molecule has 0 aliphatic carbocycles. The maximum absolute atomic E-state index is 3.87. The van der Waals surface area contributed by atoms with E-state index in [0.717, 1.165) is 6.42 Å². The van der Waals surface area contributed by atoms with Gasteiger partial charge in [0.05, 0.1) is 0 Å². The largest absolute Gasteiger partial charge is 0.126 e. The van der Waals surface area contributed by atoms with Crippen LogP contribution in [0.25, 0.3) is 0 Å². The van der Waals surface area contributed by atoms with E-state index in [2.05, 4.69) is 37.3 Å². The summed E-state index contributed by atoms with van der Waals surface area (Å²) in [5, 5.41) is 0. The van der Waals surface area contributed by atoms with Crippen molar-refractivity contribution in [3.05, 3.63) is 37.3 Å². The molecule has 0 unspecified atom stereocenters. The van der Waals surface area contributed by atoms with Crippen LogP contribution in [0.4, 0.5) is 0 Å². The molecule has 0 spiro atoms. The average Bonchev–Trinajstić information content (AvgIpc) is 2.38. The molecule has 0 nitrogen and oxygen atoms in total. The minimum atomic E-state index is 1.10. The molecular weight excluding hydrogens is 224 g/mol. The van der Waals surface area contributed by atoms with Crippen molar-refractivity contribution in [1.29, 1.82) is 0 Å². The molecule has 0 N–H and O–H groups in total. The van der Waals surface area contributed by atoms with Crippen LogP contribution >= 0.6 is 11.8 Å². The quantitative estimate of drug-likeness (QED) is 0.377. The Balaban J connectivity index is 1.85. The number of hydrogen-bond acceptors (Lipinski definition) is 1. The maximum atomic E-state index is 3.87. The molecular formula is C16H25S. The molecule has 0 aliphatic rings. The molecule has 0 fully saturated rings. The van der Waals surface area contributed by atoms with E-state index in [0.29, 0.717) is 0 Å². The van der Waals surface area contributed by atoms with Gasteiger partial charge in [-0.15, -0.1) is 11.8 Å². The summed E-state index contributed by atoms with van der Waals surface area (Å²) in [5.41, 5.74) is 0. The Morgan fingerprint density at radius 1 is 0.765 bits per heavy atom. The van der Waals surface area contributed by atoms with Gasteiger partial charge >= 0.3 is 0 Å². The zero-order valence-corrected chi connectivity index (χ0v) is 11.7. The predicted molar refractivity (Wildman–Crippen MR) is 79.5 cm³/mol. The highest BCUT2D eigenvalue weighted by Crippen LogP contribution is 2.19. The van der Waals surface area contributed by atoms with E-state index >= 15 is 0 Å². The lowest BCUT2D eigenvalue weighted by molar-refractivity contribution is 0.593. The number of rotatable bonds is 10. The molecule has 0 atom stereocenters. The Hall–Kier alpha value is -0.430. The second-order valence-electron chi connectivity index (χ2n) is 4.49. The minimum Gasteiger partial charge on any atom is -0.126 e. The van der Waals surface area contributed by atoms with Gasteiger partial charge in [0, 0.05) is 4.90 Å². The molecule has 0 aromatic heterocycles. The normalized spacial score (nSPS) is 10.6. The first-order chi connectivity index (χ1) is 8.43. The number of benzene rings is 1. The van der Waals surface area contributed by atoms with Gasteiger partial charge in [-0.25, -0.2) is 0 Å². The topological polar surface area (TPSA) is 0 Å². The van der Waals surface area contributed by atoms with Crippen molar-refractivity contribution in [1.82, 2.24) is 0 Å². The third-order valence-corrected chi connectivity index (χ3v) is 4.00. The van der Waals surface area contributed by atoms with Gasteiger partial charge in [-0.05, 0) is 24.3 Å². The fourth-order valence-corrected chi connectivity index (χ4v) is 2.80. The highest BCUT2D eigenvalue weighted by atomic mass is 32.2. The molecule has 1 radical (unpaired) electrons. The van der Waals surface area contributed by atoms with Crippen LogP contribution in [0.1, 0.15) is 51.4 Å². The smallest absolute Gasteiger partial charge is 0.00719 e. The second-order valence-corrected chi connectivity index (χ2v) is 5.66. The fraction of sp³-hybridized carbons (Fsp3) is 0.562. The molecule has 1 heteroatoms. The van der Waals surface area contributed by atoms with Gasteiger partial charge < -0.3 is 0 Å². The Morgan fingerprint density at radius 2 is 1.35 bits per heavy atom. The monoisotopic (exact) mass is 249 g/mol. The zero-order chi connectivity index (χ0) is 12.2. The van der Waals surface area contributed by atoms with Crippen LogP contribution in [0.15, 0.2) is 35.2 Å². The first-order valence-corrected chi connectivity index (χ1v) is 7.89. The molecule has 1 aromatic rings. The summed E-state index contributed by atoms with van der Waals surface area (Å²) in [6.07, 6.45) is 10.8. The van der Waals surface area contributed by atoms with Crippen molar-refractivity contribution in [3.63, 3.8) is 0 Å². The summed E-state index contributed by atoms with van der Waals surface area (Å²) >= 11 is 1.98. The zero-order valence-electron chi connectivity index (χ0n) is 10.9. The summed E-state index contributed by atoms with van der Waals surface area (Å²) in [5.74, 6) is 1.27. The van der Waals surface area contributed by atoms with Crippen LogP contribution in [-0.4, -0.2) is 5.75 Å². The van der Waals surface area contributed by atoms with Crippen molar-refractivity contribution in [2.45, 2.75) is 56.3 Å².